The SMILES string of the molecule is Cn1c(-c2ccc(F)cc2)cnc1NCc1ccc(OCc2ccccc2)cc1.O=C(O)C(=O)O. The second-order valence-electron chi connectivity index (χ2n) is 7.42. The van der Waals surface area contributed by atoms with Crippen molar-refractivity contribution in [2.45, 2.75) is 13.2 Å². The number of hydrogen-bond donors (Lipinski definition) is 3. The van der Waals surface area contributed by atoms with Crippen LogP contribution < -0.4 is 10.1 Å². The van der Waals surface area contributed by atoms with Gasteiger partial charge in [-0.15, -0.1) is 0 Å². The topological polar surface area (TPSA) is 114 Å². The fraction of sp³-hybridized carbons (Fsp3) is 0.115. The van der Waals surface area contributed by atoms with Crippen molar-refractivity contribution in [3.63, 3.8) is 0 Å². The molecule has 8 nitrogen and oxygen atoms in total. The average molecular weight is 477 g/mol. The van der Waals surface area contributed by atoms with Gasteiger partial charge in [0.2, 0.25) is 5.95 Å². The first-order valence-corrected chi connectivity index (χ1v) is 10.6. The van der Waals surface area contributed by atoms with E-state index in [1.807, 2.05) is 66.2 Å². The molecule has 3 aromatic carbocycles. The number of benzene rings is 3. The average Bonchev–Trinajstić information content (AvgIpc) is 3.23. The van der Waals surface area contributed by atoms with E-state index in [0.717, 1.165) is 34.1 Å². The molecule has 3 N–H and O–H groups in total. The van der Waals surface area contributed by atoms with Gasteiger partial charge in [0, 0.05) is 19.2 Å². The first-order chi connectivity index (χ1) is 16.8. The molecular formula is C26H24FN3O5. The first-order valence-electron chi connectivity index (χ1n) is 10.6. The van der Waals surface area contributed by atoms with Gasteiger partial charge in [0.1, 0.15) is 18.2 Å². The van der Waals surface area contributed by atoms with Crippen LogP contribution in [0.5, 0.6) is 5.75 Å². The Bertz CT molecular complexity index is 1240. The van der Waals surface area contributed by atoms with Crippen molar-refractivity contribution in [2.24, 2.45) is 7.05 Å². The van der Waals surface area contributed by atoms with E-state index in [4.69, 9.17) is 24.5 Å². The Balaban J connectivity index is 0.000000509. The van der Waals surface area contributed by atoms with E-state index in [2.05, 4.69) is 10.3 Å². The van der Waals surface area contributed by atoms with Crippen LogP contribution in [0, 0.1) is 5.82 Å². The number of carboxylic acids is 2. The van der Waals surface area contributed by atoms with Crippen molar-refractivity contribution >= 4 is 17.9 Å². The molecule has 35 heavy (non-hydrogen) atoms. The maximum absolute atomic E-state index is 13.1. The van der Waals surface area contributed by atoms with Crippen LogP contribution in [0.25, 0.3) is 11.3 Å². The standard InChI is InChI=1S/C24H22FN3O.C2H2O4/c1-28-23(20-9-11-21(25)12-10-20)16-27-24(28)26-15-18-7-13-22(14-8-18)29-17-19-5-3-2-4-6-19;3-1(4)2(5)6/h2-14,16H,15,17H2,1H3,(H,26,27);(H,3,4)(H,5,6). The molecule has 0 bridgehead atoms. The van der Waals surface area contributed by atoms with E-state index in [1.54, 1.807) is 18.3 Å². The minimum absolute atomic E-state index is 0.245. The zero-order chi connectivity index (χ0) is 25.2. The van der Waals surface area contributed by atoms with Crippen LogP contribution in [0.15, 0.2) is 85.1 Å². The molecule has 0 aliphatic rings. The van der Waals surface area contributed by atoms with Gasteiger partial charge in [-0.2, -0.15) is 0 Å². The van der Waals surface area contributed by atoms with Crippen LogP contribution in [0.4, 0.5) is 10.3 Å². The number of imidazole rings is 1. The summed E-state index contributed by atoms with van der Waals surface area (Å²) in [6.45, 7) is 1.20. The number of nitrogens with one attached hydrogen (secondary N) is 1. The minimum atomic E-state index is -1.82. The predicted octanol–water partition coefficient (Wildman–Crippen LogP) is 4.57. The summed E-state index contributed by atoms with van der Waals surface area (Å²) in [7, 11) is 1.94. The molecule has 0 fully saturated rings. The normalized spacial score (nSPS) is 10.1. The summed E-state index contributed by atoms with van der Waals surface area (Å²) in [5, 5.41) is 18.1. The Morgan fingerprint density at radius 1 is 0.914 bits per heavy atom. The highest BCUT2D eigenvalue weighted by molar-refractivity contribution is 6.27. The summed E-state index contributed by atoms with van der Waals surface area (Å²) in [4.78, 5) is 22.6. The highest BCUT2D eigenvalue weighted by atomic mass is 19.1. The van der Waals surface area contributed by atoms with Gasteiger partial charge in [0.25, 0.3) is 0 Å². The summed E-state index contributed by atoms with van der Waals surface area (Å²) < 4.78 is 20.9. The molecule has 4 aromatic rings. The molecule has 0 aliphatic heterocycles. The van der Waals surface area contributed by atoms with Crippen LogP contribution in [0.1, 0.15) is 11.1 Å². The molecular weight excluding hydrogens is 453 g/mol. The lowest BCUT2D eigenvalue weighted by Crippen LogP contribution is -2.09. The number of aromatic nitrogens is 2. The Kier molecular flexibility index (Phi) is 8.55. The number of hydrogen-bond acceptors (Lipinski definition) is 5. The molecule has 1 heterocycles. The smallest absolute Gasteiger partial charge is 0.414 e. The molecule has 0 unspecified atom stereocenters. The monoisotopic (exact) mass is 477 g/mol. The number of carboxylic acid groups (broad SMARTS) is 2. The number of anilines is 1. The highest BCUT2D eigenvalue weighted by Crippen LogP contribution is 2.22. The van der Waals surface area contributed by atoms with E-state index < -0.39 is 11.9 Å². The number of halogens is 1. The van der Waals surface area contributed by atoms with Crippen LogP contribution >= 0.6 is 0 Å². The summed E-state index contributed by atoms with van der Waals surface area (Å²) in [5.74, 6) is -2.29. The van der Waals surface area contributed by atoms with Gasteiger partial charge in [0.15, 0.2) is 0 Å². The maximum atomic E-state index is 13.1. The van der Waals surface area contributed by atoms with E-state index in [-0.39, 0.29) is 5.82 Å². The van der Waals surface area contributed by atoms with Crippen molar-refractivity contribution in [3.8, 4) is 17.0 Å². The molecule has 180 valence electrons. The van der Waals surface area contributed by atoms with Gasteiger partial charge < -0.3 is 24.8 Å². The van der Waals surface area contributed by atoms with Crippen LogP contribution in [0.2, 0.25) is 0 Å². The fourth-order valence-corrected chi connectivity index (χ4v) is 3.09. The lowest BCUT2D eigenvalue weighted by atomic mass is 10.2. The molecule has 0 saturated carbocycles. The largest absolute Gasteiger partial charge is 0.489 e. The van der Waals surface area contributed by atoms with Crippen LogP contribution in [0.3, 0.4) is 0 Å². The van der Waals surface area contributed by atoms with E-state index >= 15 is 0 Å². The van der Waals surface area contributed by atoms with Gasteiger partial charge >= 0.3 is 11.9 Å². The van der Waals surface area contributed by atoms with Gasteiger partial charge in [-0.1, -0.05) is 42.5 Å². The van der Waals surface area contributed by atoms with Gasteiger partial charge in [-0.3, -0.25) is 0 Å². The summed E-state index contributed by atoms with van der Waals surface area (Å²) >= 11 is 0. The van der Waals surface area contributed by atoms with E-state index in [0.29, 0.717) is 13.2 Å². The Morgan fingerprint density at radius 2 is 1.54 bits per heavy atom. The van der Waals surface area contributed by atoms with Gasteiger partial charge in [0.05, 0.1) is 11.9 Å². The lowest BCUT2D eigenvalue weighted by molar-refractivity contribution is -0.159. The third-order valence-corrected chi connectivity index (χ3v) is 4.93. The van der Waals surface area contributed by atoms with Crippen molar-refractivity contribution in [1.29, 1.82) is 0 Å². The molecule has 9 heteroatoms. The Labute approximate surface area is 201 Å². The molecule has 0 radical (unpaired) electrons. The molecule has 0 aliphatic carbocycles. The number of carbonyl (C=O) groups is 2. The molecule has 0 amide bonds. The number of nitrogens with zero attached hydrogens (tertiary/aromatic N) is 2. The van der Waals surface area contributed by atoms with Crippen molar-refractivity contribution in [2.75, 3.05) is 5.32 Å². The molecule has 4 rings (SSSR count). The lowest BCUT2D eigenvalue weighted by Gasteiger charge is -2.10. The third-order valence-electron chi connectivity index (χ3n) is 4.93. The predicted molar refractivity (Wildman–Crippen MR) is 128 cm³/mol. The van der Waals surface area contributed by atoms with E-state index in [9.17, 15) is 4.39 Å². The summed E-state index contributed by atoms with van der Waals surface area (Å²) in [6.07, 6.45) is 1.79. The van der Waals surface area contributed by atoms with E-state index in [1.165, 1.54) is 12.1 Å². The third kappa shape index (κ3) is 7.43. The molecule has 1 aromatic heterocycles. The summed E-state index contributed by atoms with van der Waals surface area (Å²) in [6, 6.07) is 24.5. The highest BCUT2D eigenvalue weighted by Gasteiger charge is 2.09. The van der Waals surface area contributed by atoms with Crippen LogP contribution in [-0.2, 0) is 29.8 Å². The molecule has 0 saturated heterocycles. The molecule has 0 atom stereocenters. The zero-order valence-electron chi connectivity index (χ0n) is 18.9. The molecule has 0 spiro atoms. The Morgan fingerprint density at radius 3 is 2.14 bits per heavy atom. The minimum Gasteiger partial charge on any atom is -0.489 e. The fourth-order valence-electron chi connectivity index (χ4n) is 3.09. The first kappa shape index (κ1) is 25.0. The second-order valence-corrected chi connectivity index (χ2v) is 7.42. The number of aliphatic carboxylic acids is 2. The van der Waals surface area contributed by atoms with Crippen LogP contribution in [-0.4, -0.2) is 31.7 Å². The van der Waals surface area contributed by atoms with Crippen molar-refractivity contribution < 1.29 is 28.9 Å². The maximum Gasteiger partial charge on any atom is 0.414 e. The van der Waals surface area contributed by atoms with Gasteiger partial charge in [-0.25, -0.2) is 19.0 Å². The zero-order valence-corrected chi connectivity index (χ0v) is 18.9. The number of rotatable bonds is 7. The second kappa shape index (κ2) is 12.0. The number of ether oxygens (including phenoxy) is 1. The van der Waals surface area contributed by atoms with Crippen molar-refractivity contribution in [3.05, 3.63) is 102 Å². The Hall–Kier alpha value is -4.66. The van der Waals surface area contributed by atoms with Crippen molar-refractivity contribution in [1.82, 2.24) is 9.55 Å². The van der Waals surface area contributed by atoms with Gasteiger partial charge in [-0.05, 0) is 47.5 Å². The summed E-state index contributed by atoms with van der Waals surface area (Å²) in [5.41, 5.74) is 4.12. The quantitative estimate of drug-likeness (QED) is 0.334.